The van der Waals surface area contributed by atoms with Crippen molar-refractivity contribution in [3.8, 4) is 11.5 Å². The van der Waals surface area contributed by atoms with Crippen molar-refractivity contribution in [2.45, 2.75) is 43.4 Å². The molecule has 1 saturated heterocycles. The first-order valence-electron chi connectivity index (χ1n) is 13.6. The third-order valence-electron chi connectivity index (χ3n) is 7.68. The van der Waals surface area contributed by atoms with Crippen molar-refractivity contribution in [3.05, 3.63) is 77.9 Å². The average Bonchev–Trinajstić information content (AvgIpc) is 3.71. The Kier molecular flexibility index (Phi) is 7.74. The zero-order valence-corrected chi connectivity index (χ0v) is 23.2. The van der Waals surface area contributed by atoms with E-state index in [4.69, 9.17) is 14.2 Å². The third-order valence-corrected chi connectivity index (χ3v) is 7.68. The number of imidazole rings is 1. The molecule has 12 nitrogen and oxygen atoms in total. The largest absolute Gasteiger partial charge is 0.497 e. The molecule has 2 aromatic heterocycles. The number of aliphatic hydroxyl groups is 2. The summed E-state index contributed by atoms with van der Waals surface area (Å²) in [5.74, 6) is 1.29. The van der Waals surface area contributed by atoms with Gasteiger partial charge in [0.1, 0.15) is 36.1 Å². The third kappa shape index (κ3) is 5.39. The summed E-state index contributed by atoms with van der Waals surface area (Å²) in [7, 11) is 3.09. The highest BCUT2D eigenvalue weighted by atomic mass is 16.5. The lowest BCUT2D eigenvalue weighted by atomic mass is 10.1. The minimum atomic E-state index is -1.18. The van der Waals surface area contributed by atoms with Crippen molar-refractivity contribution in [2.24, 2.45) is 0 Å². The first kappa shape index (κ1) is 27.6. The molecule has 2 aromatic carbocycles. The van der Waals surface area contributed by atoms with Gasteiger partial charge in [-0.05, 0) is 47.7 Å². The van der Waals surface area contributed by atoms with Crippen LogP contribution < -0.4 is 20.1 Å². The van der Waals surface area contributed by atoms with E-state index in [-0.39, 0.29) is 6.04 Å². The van der Waals surface area contributed by atoms with Crippen LogP contribution in [-0.4, -0.2) is 80.8 Å². The van der Waals surface area contributed by atoms with Gasteiger partial charge >= 0.3 is 0 Å². The highest BCUT2D eigenvalue weighted by molar-refractivity contribution is 5.92. The van der Waals surface area contributed by atoms with Crippen LogP contribution in [0.15, 0.2) is 61.2 Å². The Morgan fingerprint density at radius 1 is 1.10 bits per heavy atom. The van der Waals surface area contributed by atoms with E-state index in [0.29, 0.717) is 34.0 Å². The van der Waals surface area contributed by atoms with E-state index in [1.165, 1.54) is 23.5 Å². The van der Waals surface area contributed by atoms with Crippen molar-refractivity contribution >= 4 is 29.0 Å². The Balaban J connectivity index is 1.22. The van der Waals surface area contributed by atoms with Crippen molar-refractivity contribution < 1.29 is 29.2 Å². The minimum Gasteiger partial charge on any atom is -0.497 e. The number of aromatic nitrogens is 4. The number of nitrogens with one attached hydrogen (secondary N) is 2. The number of aliphatic hydroxyl groups excluding tert-OH is 2. The maximum Gasteiger partial charge on any atom is 0.244 e. The molecule has 4 N–H and O–H groups in total. The lowest BCUT2D eigenvalue weighted by Crippen LogP contribution is -2.46. The van der Waals surface area contributed by atoms with Gasteiger partial charge in [0.25, 0.3) is 0 Å². The number of anilines is 1. The van der Waals surface area contributed by atoms with Gasteiger partial charge < -0.3 is 35.1 Å². The number of fused-ring (bicyclic) bond motifs is 2. The summed E-state index contributed by atoms with van der Waals surface area (Å²) in [4.78, 5) is 26.4. The van der Waals surface area contributed by atoms with Crippen LogP contribution in [-0.2, 0) is 22.4 Å². The van der Waals surface area contributed by atoms with Gasteiger partial charge in [0.05, 0.1) is 27.2 Å². The molecular formula is C30H32N6O6. The highest BCUT2D eigenvalue weighted by Gasteiger charge is 2.45. The van der Waals surface area contributed by atoms with Crippen LogP contribution in [0.2, 0.25) is 0 Å². The molecule has 12 heteroatoms. The molecule has 0 spiro atoms. The maximum atomic E-state index is 13.0. The number of nitrogens with zero attached hydrogens (tertiary/aromatic N) is 4. The lowest BCUT2D eigenvalue weighted by molar-refractivity contribution is -0.118. The Morgan fingerprint density at radius 2 is 1.81 bits per heavy atom. The van der Waals surface area contributed by atoms with Gasteiger partial charge in [0.2, 0.25) is 5.91 Å². The highest BCUT2D eigenvalue weighted by Crippen LogP contribution is 2.33. The van der Waals surface area contributed by atoms with Crippen molar-refractivity contribution in [1.29, 1.82) is 0 Å². The summed E-state index contributed by atoms with van der Waals surface area (Å²) < 4.78 is 18.2. The predicted octanol–water partition coefficient (Wildman–Crippen LogP) is 1.87. The fourth-order valence-electron chi connectivity index (χ4n) is 5.60. The van der Waals surface area contributed by atoms with Crippen LogP contribution in [0.3, 0.4) is 0 Å². The summed E-state index contributed by atoms with van der Waals surface area (Å²) in [5.41, 5.74) is 4.32. The van der Waals surface area contributed by atoms with Crippen molar-refractivity contribution in [2.75, 3.05) is 26.1 Å². The second-order valence-electron chi connectivity index (χ2n) is 10.3. The smallest absolute Gasteiger partial charge is 0.244 e. The molecule has 1 aliphatic carbocycles. The molecule has 0 saturated carbocycles. The number of carbonyl (C=O) groups is 1. The van der Waals surface area contributed by atoms with Gasteiger partial charge in [-0.15, -0.1) is 0 Å². The van der Waals surface area contributed by atoms with Crippen molar-refractivity contribution in [1.82, 2.24) is 24.8 Å². The molecule has 4 atom stereocenters. The molecule has 218 valence electrons. The Labute approximate surface area is 242 Å². The molecule has 0 radical (unpaired) electrons. The first-order chi connectivity index (χ1) is 20.5. The average molecular weight is 573 g/mol. The van der Waals surface area contributed by atoms with E-state index < -0.39 is 37.0 Å². The molecule has 2 aliphatic rings. The normalized spacial score (nSPS) is 22.0. The molecule has 6 rings (SSSR count). The van der Waals surface area contributed by atoms with E-state index in [9.17, 15) is 15.0 Å². The predicted molar refractivity (Wildman–Crippen MR) is 154 cm³/mol. The minimum absolute atomic E-state index is 0.164. The SMILES string of the molecule is COc1cc(/C=C/C(=O)N[C@@H]2[C@H](O)[C@@H](CO)O[C@H]2n2cnc3c(NC4Cc5ccccc5C4)ncnc32)cc(OC)c1. The van der Waals surface area contributed by atoms with Gasteiger partial charge in [0, 0.05) is 18.2 Å². The Bertz CT molecular complexity index is 1580. The summed E-state index contributed by atoms with van der Waals surface area (Å²) in [5, 5.41) is 27.1. The Morgan fingerprint density at radius 3 is 2.48 bits per heavy atom. The van der Waals surface area contributed by atoms with Crippen LogP contribution in [0, 0.1) is 0 Å². The van der Waals surface area contributed by atoms with Gasteiger partial charge in [-0.3, -0.25) is 9.36 Å². The zero-order valence-electron chi connectivity index (χ0n) is 23.2. The van der Waals surface area contributed by atoms with Crippen LogP contribution in [0.25, 0.3) is 17.2 Å². The Hall–Kier alpha value is -4.52. The molecule has 3 heterocycles. The number of amides is 1. The fourth-order valence-corrected chi connectivity index (χ4v) is 5.60. The lowest BCUT2D eigenvalue weighted by Gasteiger charge is -2.22. The molecule has 42 heavy (non-hydrogen) atoms. The van der Waals surface area contributed by atoms with E-state index in [1.54, 1.807) is 49.4 Å². The van der Waals surface area contributed by atoms with Crippen LogP contribution in [0.4, 0.5) is 5.82 Å². The molecule has 4 aromatic rings. The number of rotatable bonds is 9. The van der Waals surface area contributed by atoms with E-state index in [1.807, 2.05) is 12.1 Å². The van der Waals surface area contributed by atoms with Crippen LogP contribution in [0.5, 0.6) is 11.5 Å². The summed E-state index contributed by atoms with van der Waals surface area (Å²) in [6.45, 7) is -0.430. The maximum absolute atomic E-state index is 13.0. The molecule has 0 unspecified atom stereocenters. The molecule has 1 amide bonds. The number of benzene rings is 2. The van der Waals surface area contributed by atoms with Crippen LogP contribution in [0.1, 0.15) is 22.9 Å². The molecule has 1 aliphatic heterocycles. The van der Waals surface area contributed by atoms with E-state index >= 15 is 0 Å². The summed E-state index contributed by atoms with van der Waals surface area (Å²) in [6, 6.07) is 12.9. The first-order valence-corrected chi connectivity index (χ1v) is 13.6. The summed E-state index contributed by atoms with van der Waals surface area (Å²) >= 11 is 0. The monoisotopic (exact) mass is 572 g/mol. The second kappa shape index (κ2) is 11.8. The topological polar surface area (TPSA) is 153 Å². The van der Waals surface area contributed by atoms with E-state index in [2.05, 4.69) is 37.7 Å². The number of carbonyl (C=O) groups excluding carboxylic acids is 1. The van der Waals surface area contributed by atoms with Gasteiger partial charge in [-0.2, -0.15) is 0 Å². The number of methoxy groups -OCH3 is 2. The van der Waals surface area contributed by atoms with Gasteiger partial charge in [0.15, 0.2) is 23.2 Å². The second-order valence-corrected chi connectivity index (χ2v) is 10.3. The number of hydrogen-bond acceptors (Lipinski definition) is 10. The zero-order chi connectivity index (χ0) is 29.2. The number of hydrogen-bond donors (Lipinski definition) is 4. The molecule has 1 fully saturated rings. The fraction of sp³-hybridized carbons (Fsp3) is 0.333. The van der Waals surface area contributed by atoms with Gasteiger partial charge in [-0.1, -0.05) is 24.3 Å². The van der Waals surface area contributed by atoms with Gasteiger partial charge in [-0.25, -0.2) is 15.0 Å². The molecular weight excluding hydrogens is 540 g/mol. The summed E-state index contributed by atoms with van der Waals surface area (Å²) in [6.07, 6.45) is 4.73. The molecule has 0 bridgehead atoms. The van der Waals surface area contributed by atoms with Crippen LogP contribution >= 0.6 is 0 Å². The van der Waals surface area contributed by atoms with Crippen molar-refractivity contribution in [3.63, 3.8) is 0 Å². The quantitative estimate of drug-likeness (QED) is 0.219. The number of ether oxygens (including phenoxy) is 3. The van der Waals surface area contributed by atoms with E-state index in [0.717, 1.165) is 12.8 Å². The standard InChI is InChI=1S/C30H32N6O6/c1-40-21-9-17(10-22(13-21)41-2)7-8-24(38)35-25-27(39)23(14-37)42-30(25)36-16-33-26-28(31-15-32-29(26)36)34-20-11-18-5-3-4-6-19(18)12-20/h3-10,13,15-16,20,23,25,27,30,37,39H,11-12,14H2,1-2H3,(H,35,38)(H,31,32,34)/b8-7+/t23-,25-,27-,30-/m1/s1.